The summed E-state index contributed by atoms with van der Waals surface area (Å²) >= 11 is 5.11. The molecule has 0 saturated heterocycles. The Morgan fingerprint density at radius 3 is 3.00 bits per heavy atom. The zero-order valence-electron chi connectivity index (χ0n) is 10.9. The molecule has 0 spiro atoms. The average Bonchev–Trinajstić information content (AvgIpc) is 2.96. The first-order chi connectivity index (χ1) is 10.3. The average molecular weight is 300 g/mol. The molecule has 1 aliphatic rings. The number of benzene rings is 1. The molecule has 106 valence electrons. The zero-order valence-corrected chi connectivity index (χ0v) is 11.8. The first-order valence-electron chi connectivity index (χ1n) is 6.22. The second-order valence-corrected chi connectivity index (χ2v) is 4.56. The largest absolute Gasteiger partial charge is 0.454 e. The van der Waals surface area contributed by atoms with Gasteiger partial charge in [-0.25, -0.2) is 4.98 Å². The summed E-state index contributed by atoms with van der Waals surface area (Å²) in [5, 5.41) is 7.35. The van der Waals surface area contributed by atoms with E-state index in [9.17, 15) is 0 Å². The molecule has 3 rings (SSSR count). The molecule has 2 heterocycles. The summed E-state index contributed by atoms with van der Waals surface area (Å²) in [6, 6.07) is 11.1. The lowest BCUT2D eigenvalue weighted by atomic mass is 10.2. The van der Waals surface area contributed by atoms with Crippen LogP contribution in [0.3, 0.4) is 0 Å². The van der Waals surface area contributed by atoms with E-state index in [0.29, 0.717) is 16.7 Å². The van der Waals surface area contributed by atoms with Gasteiger partial charge in [0.25, 0.3) is 0 Å². The Labute approximate surface area is 126 Å². The molecule has 0 saturated carbocycles. The first kappa shape index (κ1) is 13.3. The van der Waals surface area contributed by atoms with Crippen LogP contribution in [0.4, 0.5) is 5.82 Å². The van der Waals surface area contributed by atoms with Gasteiger partial charge in [-0.1, -0.05) is 6.07 Å². The van der Waals surface area contributed by atoms with E-state index in [2.05, 4.69) is 20.8 Å². The molecular formula is C14H12N4O2S. The van der Waals surface area contributed by atoms with E-state index in [4.69, 9.17) is 21.7 Å². The molecule has 2 N–H and O–H groups in total. The molecule has 0 atom stereocenters. The van der Waals surface area contributed by atoms with Crippen LogP contribution in [0.15, 0.2) is 47.7 Å². The molecule has 0 fully saturated rings. The van der Waals surface area contributed by atoms with Crippen LogP contribution in [0, 0.1) is 0 Å². The Hall–Kier alpha value is -2.67. The van der Waals surface area contributed by atoms with Gasteiger partial charge in [0, 0.05) is 6.20 Å². The molecule has 1 aromatic carbocycles. The quantitative estimate of drug-likeness (QED) is 0.514. The molecular weight excluding hydrogens is 288 g/mol. The number of rotatable bonds is 3. The van der Waals surface area contributed by atoms with Crippen LogP contribution in [-0.2, 0) is 0 Å². The number of hydrogen-bond donors (Lipinski definition) is 2. The third-order valence-corrected chi connectivity index (χ3v) is 2.88. The smallest absolute Gasteiger partial charge is 0.231 e. The fourth-order valence-electron chi connectivity index (χ4n) is 1.74. The highest BCUT2D eigenvalue weighted by Crippen LogP contribution is 2.31. The van der Waals surface area contributed by atoms with Crippen LogP contribution < -0.4 is 20.2 Å². The van der Waals surface area contributed by atoms with Crippen molar-refractivity contribution in [3.63, 3.8) is 0 Å². The minimum atomic E-state index is 0.256. The van der Waals surface area contributed by atoms with Crippen molar-refractivity contribution in [3.05, 3.63) is 48.2 Å². The molecule has 0 amide bonds. The Kier molecular flexibility index (Phi) is 3.92. The fraction of sp³-hybridized carbons (Fsp3) is 0.0714. The first-order valence-corrected chi connectivity index (χ1v) is 6.63. The van der Waals surface area contributed by atoms with Crippen molar-refractivity contribution in [2.75, 3.05) is 12.1 Å². The van der Waals surface area contributed by atoms with Crippen molar-refractivity contribution in [2.45, 2.75) is 0 Å². The molecule has 1 aliphatic heterocycles. The minimum Gasteiger partial charge on any atom is -0.454 e. The highest BCUT2D eigenvalue weighted by atomic mass is 32.1. The van der Waals surface area contributed by atoms with Gasteiger partial charge in [0.2, 0.25) is 6.79 Å². The second-order valence-electron chi connectivity index (χ2n) is 4.15. The van der Waals surface area contributed by atoms with E-state index in [1.807, 2.05) is 36.4 Å². The van der Waals surface area contributed by atoms with Gasteiger partial charge in [0.15, 0.2) is 16.6 Å². The number of fused-ring (bicyclic) bond motifs is 1. The zero-order chi connectivity index (χ0) is 14.5. The van der Waals surface area contributed by atoms with Crippen molar-refractivity contribution < 1.29 is 9.47 Å². The number of thiocarbonyl (C=S) groups is 1. The van der Waals surface area contributed by atoms with Gasteiger partial charge in [-0.3, -0.25) is 5.43 Å². The summed E-state index contributed by atoms with van der Waals surface area (Å²) in [6.07, 6.45) is 3.33. The topological polar surface area (TPSA) is 67.8 Å². The third-order valence-electron chi connectivity index (χ3n) is 2.68. The predicted molar refractivity (Wildman–Crippen MR) is 83.8 cm³/mol. The monoisotopic (exact) mass is 300 g/mol. The Balaban J connectivity index is 1.56. The van der Waals surface area contributed by atoms with E-state index in [-0.39, 0.29) is 6.79 Å². The van der Waals surface area contributed by atoms with Crippen molar-refractivity contribution in [1.82, 2.24) is 10.4 Å². The van der Waals surface area contributed by atoms with Gasteiger partial charge in [-0.05, 0) is 48.1 Å². The van der Waals surface area contributed by atoms with E-state index < -0.39 is 0 Å². The van der Waals surface area contributed by atoms with Gasteiger partial charge < -0.3 is 14.8 Å². The maximum Gasteiger partial charge on any atom is 0.231 e. The van der Waals surface area contributed by atoms with Crippen molar-refractivity contribution in [2.24, 2.45) is 5.10 Å². The molecule has 21 heavy (non-hydrogen) atoms. The lowest BCUT2D eigenvalue weighted by molar-refractivity contribution is 0.174. The highest BCUT2D eigenvalue weighted by Gasteiger charge is 2.12. The number of anilines is 1. The predicted octanol–water partition coefficient (Wildman–Crippen LogP) is 2.13. The molecule has 0 aliphatic carbocycles. The lowest BCUT2D eigenvalue weighted by Gasteiger charge is -2.05. The van der Waals surface area contributed by atoms with Crippen LogP contribution in [0.25, 0.3) is 0 Å². The Morgan fingerprint density at radius 1 is 1.24 bits per heavy atom. The van der Waals surface area contributed by atoms with E-state index in [0.717, 1.165) is 11.3 Å². The van der Waals surface area contributed by atoms with E-state index in [1.165, 1.54) is 0 Å². The molecule has 7 heteroatoms. The van der Waals surface area contributed by atoms with Crippen LogP contribution in [0.1, 0.15) is 5.56 Å². The SMILES string of the molecule is S=C(N/N=C/c1ccc2c(c1)OCO2)Nc1ccccn1. The van der Waals surface area contributed by atoms with Gasteiger partial charge in [-0.15, -0.1) is 0 Å². The molecule has 0 radical (unpaired) electrons. The standard InChI is InChI=1S/C14H12N4O2S/c21-14(17-13-3-1-2-6-15-13)18-16-8-10-4-5-11-12(7-10)20-9-19-11/h1-8H,9H2,(H2,15,17,18,21)/b16-8+. The van der Waals surface area contributed by atoms with Crippen LogP contribution in [-0.4, -0.2) is 23.1 Å². The summed E-state index contributed by atoms with van der Waals surface area (Å²) in [5.41, 5.74) is 3.61. The van der Waals surface area contributed by atoms with Crippen molar-refractivity contribution in [3.8, 4) is 11.5 Å². The number of hydrazone groups is 1. The lowest BCUT2D eigenvalue weighted by Crippen LogP contribution is -2.24. The highest BCUT2D eigenvalue weighted by molar-refractivity contribution is 7.80. The maximum atomic E-state index is 5.29. The number of nitrogens with one attached hydrogen (secondary N) is 2. The number of ether oxygens (including phenoxy) is 2. The Bertz CT molecular complexity index is 676. The van der Waals surface area contributed by atoms with Crippen LogP contribution >= 0.6 is 12.2 Å². The molecule has 2 aromatic rings. The van der Waals surface area contributed by atoms with Crippen LogP contribution in [0.2, 0.25) is 0 Å². The molecule has 1 aromatic heterocycles. The molecule has 6 nitrogen and oxygen atoms in total. The minimum absolute atomic E-state index is 0.256. The van der Waals surface area contributed by atoms with E-state index in [1.54, 1.807) is 12.4 Å². The van der Waals surface area contributed by atoms with Crippen LogP contribution in [0.5, 0.6) is 11.5 Å². The second kappa shape index (κ2) is 6.19. The summed E-state index contributed by atoms with van der Waals surface area (Å²) in [6.45, 7) is 0.256. The van der Waals surface area contributed by atoms with Gasteiger partial charge >= 0.3 is 0 Å². The Morgan fingerprint density at radius 2 is 2.14 bits per heavy atom. The summed E-state index contributed by atoms with van der Waals surface area (Å²) in [4.78, 5) is 4.10. The summed E-state index contributed by atoms with van der Waals surface area (Å²) in [7, 11) is 0. The van der Waals surface area contributed by atoms with E-state index >= 15 is 0 Å². The van der Waals surface area contributed by atoms with Gasteiger partial charge in [0.05, 0.1) is 6.21 Å². The summed E-state index contributed by atoms with van der Waals surface area (Å²) < 4.78 is 10.5. The van der Waals surface area contributed by atoms with Gasteiger partial charge in [-0.2, -0.15) is 5.10 Å². The maximum absolute atomic E-state index is 5.29. The molecule has 0 unspecified atom stereocenters. The van der Waals surface area contributed by atoms with Crippen molar-refractivity contribution >= 4 is 29.4 Å². The normalized spacial score (nSPS) is 12.4. The summed E-state index contributed by atoms with van der Waals surface area (Å²) in [5.74, 6) is 2.12. The number of pyridine rings is 1. The van der Waals surface area contributed by atoms with Crippen molar-refractivity contribution in [1.29, 1.82) is 0 Å². The third kappa shape index (κ3) is 3.46. The number of hydrogen-bond acceptors (Lipinski definition) is 5. The van der Waals surface area contributed by atoms with Gasteiger partial charge in [0.1, 0.15) is 5.82 Å². The number of aromatic nitrogens is 1. The number of nitrogens with zero attached hydrogens (tertiary/aromatic N) is 2. The molecule has 0 bridgehead atoms. The fourth-order valence-corrected chi connectivity index (χ4v) is 1.90.